The molecule has 4 rings (SSSR count). The van der Waals surface area contributed by atoms with E-state index >= 15 is 0 Å². The van der Waals surface area contributed by atoms with Crippen molar-refractivity contribution in [1.29, 1.82) is 0 Å². The standard InChI is InChI=1S/C19H20N6O/c1-13(2)25-17(22-23-10-9-20-18(23)19(25)26)16-11-21-24(12-16)14(3)15-7-5-4-6-8-15/h4-14H,1-3H3. The Morgan fingerprint density at radius 2 is 1.85 bits per heavy atom. The van der Waals surface area contributed by atoms with Crippen LogP contribution in [0.4, 0.5) is 0 Å². The fourth-order valence-electron chi connectivity index (χ4n) is 3.11. The van der Waals surface area contributed by atoms with Crippen LogP contribution in [-0.4, -0.2) is 28.9 Å². The van der Waals surface area contributed by atoms with Crippen molar-refractivity contribution in [2.24, 2.45) is 0 Å². The highest BCUT2D eigenvalue weighted by Gasteiger charge is 2.18. The first-order chi connectivity index (χ1) is 12.6. The quantitative estimate of drug-likeness (QED) is 0.568. The van der Waals surface area contributed by atoms with E-state index in [0.717, 1.165) is 5.56 Å². The number of hydrogen-bond donors (Lipinski definition) is 0. The first-order valence-corrected chi connectivity index (χ1v) is 8.61. The lowest BCUT2D eigenvalue weighted by Crippen LogP contribution is -2.27. The zero-order chi connectivity index (χ0) is 18.3. The SMILES string of the molecule is CC(c1ccccc1)n1cc(-c2nn3ccnc3c(=O)n2C(C)C)cn1. The third-order valence-corrected chi connectivity index (χ3v) is 4.52. The van der Waals surface area contributed by atoms with E-state index in [1.54, 1.807) is 23.2 Å². The molecule has 0 bridgehead atoms. The predicted molar refractivity (Wildman–Crippen MR) is 99.1 cm³/mol. The molecular weight excluding hydrogens is 328 g/mol. The third kappa shape index (κ3) is 2.61. The summed E-state index contributed by atoms with van der Waals surface area (Å²) in [5, 5.41) is 9.10. The van der Waals surface area contributed by atoms with Crippen molar-refractivity contribution in [1.82, 2.24) is 28.9 Å². The largest absolute Gasteiger partial charge is 0.297 e. The van der Waals surface area contributed by atoms with Gasteiger partial charge in [-0.15, -0.1) is 5.10 Å². The van der Waals surface area contributed by atoms with Gasteiger partial charge in [-0.1, -0.05) is 30.3 Å². The summed E-state index contributed by atoms with van der Waals surface area (Å²) in [5.74, 6) is 0.585. The first kappa shape index (κ1) is 16.3. The smallest absolute Gasteiger partial charge is 0.285 e. The van der Waals surface area contributed by atoms with Gasteiger partial charge in [0.25, 0.3) is 5.56 Å². The normalized spacial score (nSPS) is 12.8. The average Bonchev–Trinajstić information content (AvgIpc) is 3.30. The molecule has 0 radical (unpaired) electrons. The Kier molecular flexibility index (Phi) is 3.91. The summed E-state index contributed by atoms with van der Waals surface area (Å²) in [6.45, 7) is 6.01. The minimum atomic E-state index is -0.154. The molecule has 1 atom stereocenters. The van der Waals surface area contributed by atoms with Crippen LogP contribution in [0.2, 0.25) is 0 Å². The molecule has 7 nitrogen and oxygen atoms in total. The van der Waals surface area contributed by atoms with E-state index in [1.165, 1.54) is 10.1 Å². The van der Waals surface area contributed by atoms with Crippen LogP contribution >= 0.6 is 0 Å². The van der Waals surface area contributed by atoms with Crippen molar-refractivity contribution in [2.75, 3.05) is 0 Å². The molecule has 3 aromatic heterocycles. The fourth-order valence-corrected chi connectivity index (χ4v) is 3.11. The summed E-state index contributed by atoms with van der Waals surface area (Å²) in [7, 11) is 0. The maximum Gasteiger partial charge on any atom is 0.297 e. The maximum atomic E-state index is 12.8. The summed E-state index contributed by atoms with van der Waals surface area (Å²) in [5.41, 5.74) is 2.14. The third-order valence-electron chi connectivity index (χ3n) is 4.52. The summed E-state index contributed by atoms with van der Waals surface area (Å²) >= 11 is 0. The van der Waals surface area contributed by atoms with Crippen LogP contribution in [0.25, 0.3) is 17.0 Å². The highest BCUT2D eigenvalue weighted by molar-refractivity contribution is 5.54. The van der Waals surface area contributed by atoms with Gasteiger partial charge in [-0.25, -0.2) is 9.50 Å². The van der Waals surface area contributed by atoms with Gasteiger partial charge in [0, 0.05) is 24.6 Å². The number of fused-ring (bicyclic) bond motifs is 1. The van der Waals surface area contributed by atoms with Gasteiger partial charge in [-0.2, -0.15) is 5.10 Å². The van der Waals surface area contributed by atoms with Gasteiger partial charge in [0.1, 0.15) is 0 Å². The molecule has 0 aliphatic heterocycles. The Bertz CT molecular complexity index is 1110. The Hall–Kier alpha value is -3.22. The molecule has 0 saturated heterocycles. The van der Waals surface area contributed by atoms with Gasteiger partial charge in [-0.3, -0.25) is 14.0 Å². The van der Waals surface area contributed by atoms with Crippen molar-refractivity contribution in [2.45, 2.75) is 32.9 Å². The molecule has 0 spiro atoms. The summed E-state index contributed by atoms with van der Waals surface area (Å²) in [6, 6.07) is 10.2. The summed E-state index contributed by atoms with van der Waals surface area (Å²) in [6.07, 6.45) is 6.95. The van der Waals surface area contributed by atoms with Crippen molar-refractivity contribution in [3.63, 3.8) is 0 Å². The van der Waals surface area contributed by atoms with Crippen LogP contribution in [0.1, 0.15) is 38.4 Å². The van der Waals surface area contributed by atoms with Crippen LogP contribution in [-0.2, 0) is 0 Å². The van der Waals surface area contributed by atoms with E-state index in [2.05, 4.69) is 34.2 Å². The highest BCUT2D eigenvalue weighted by atomic mass is 16.1. The molecule has 0 N–H and O–H groups in total. The number of rotatable bonds is 4. The van der Waals surface area contributed by atoms with Gasteiger partial charge >= 0.3 is 0 Å². The lowest BCUT2D eigenvalue weighted by molar-refractivity contribution is 0.561. The molecular formula is C19H20N6O. The Balaban J connectivity index is 1.83. The molecule has 4 aromatic rings. The fraction of sp³-hybridized carbons (Fsp3) is 0.263. The van der Waals surface area contributed by atoms with Crippen molar-refractivity contribution in [3.8, 4) is 11.4 Å². The molecule has 132 valence electrons. The second kappa shape index (κ2) is 6.25. The Morgan fingerprint density at radius 3 is 2.58 bits per heavy atom. The van der Waals surface area contributed by atoms with Gasteiger partial charge in [0.2, 0.25) is 5.65 Å². The highest BCUT2D eigenvalue weighted by Crippen LogP contribution is 2.22. The molecule has 26 heavy (non-hydrogen) atoms. The molecule has 0 aliphatic rings. The van der Waals surface area contributed by atoms with Crippen LogP contribution < -0.4 is 5.56 Å². The average molecular weight is 348 g/mol. The topological polar surface area (TPSA) is 70.0 Å². The van der Waals surface area contributed by atoms with E-state index in [9.17, 15) is 4.79 Å². The van der Waals surface area contributed by atoms with Gasteiger partial charge in [0.15, 0.2) is 5.82 Å². The lowest BCUT2D eigenvalue weighted by atomic mass is 10.1. The van der Waals surface area contributed by atoms with Crippen LogP contribution in [0.5, 0.6) is 0 Å². The van der Waals surface area contributed by atoms with Crippen molar-refractivity contribution >= 4 is 5.65 Å². The molecule has 1 unspecified atom stereocenters. The summed E-state index contributed by atoms with van der Waals surface area (Å²) < 4.78 is 5.07. The van der Waals surface area contributed by atoms with Gasteiger partial charge in [0.05, 0.1) is 17.8 Å². The zero-order valence-electron chi connectivity index (χ0n) is 14.9. The lowest BCUT2D eigenvalue weighted by Gasteiger charge is -2.15. The predicted octanol–water partition coefficient (Wildman–Crippen LogP) is 2.94. The second-order valence-electron chi connectivity index (χ2n) is 6.58. The van der Waals surface area contributed by atoms with Gasteiger partial charge in [-0.05, 0) is 26.3 Å². The monoisotopic (exact) mass is 348 g/mol. The second-order valence-corrected chi connectivity index (χ2v) is 6.58. The van der Waals surface area contributed by atoms with E-state index in [-0.39, 0.29) is 17.6 Å². The maximum absolute atomic E-state index is 12.8. The molecule has 7 heteroatoms. The van der Waals surface area contributed by atoms with Crippen LogP contribution in [0, 0.1) is 0 Å². The van der Waals surface area contributed by atoms with Gasteiger partial charge < -0.3 is 0 Å². The summed E-state index contributed by atoms with van der Waals surface area (Å²) in [4.78, 5) is 16.9. The first-order valence-electron chi connectivity index (χ1n) is 8.61. The van der Waals surface area contributed by atoms with Crippen molar-refractivity contribution < 1.29 is 0 Å². The number of benzene rings is 1. The minimum absolute atomic E-state index is 0.0402. The molecule has 0 aliphatic carbocycles. The van der Waals surface area contributed by atoms with E-state index < -0.39 is 0 Å². The van der Waals surface area contributed by atoms with E-state index in [0.29, 0.717) is 11.5 Å². The van der Waals surface area contributed by atoms with Crippen LogP contribution in [0.3, 0.4) is 0 Å². The number of aromatic nitrogens is 6. The van der Waals surface area contributed by atoms with E-state index in [1.807, 2.05) is 42.9 Å². The molecule has 0 amide bonds. The Morgan fingerprint density at radius 1 is 1.08 bits per heavy atom. The number of imidazole rings is 1. The molecule has 0 fully saturated rings. The van der Waals surface area contributed by atoms with E-state index in [4.69, 9.17) is 0 Å². The molecule has 3 heterocycles. The number of hydrogen-bond acceptors (Lipinski definition) is 4. The van der Waals surface area contributed by atoms with Crippen LogP contribution in [0.15, 0.2) is 59.9 Å². The Labute approximate surface area is 150 Å². The number of nitrogens with zero attached hydrogens (tertiary/aromatic N) is 6. The molecule has 1 aromatic carbocycles. The van der Waals surface area contributed by atoms with Crippen molar-refractivity contribution in [3.05, 3.63) is 71.0 Å². The minimum Gasteiger partial charge on any atom is -0.285 e. The molecule has 0 saturated carbocycles. The zero-order valence-corrected chi connectivity index (χ0v) is 14.9.